The van der Waals surface area contributed by atoms with Crippen molar-refractivity contribution in [1.82, 2.24) is 4.90 Å². The van der Waals surface area contributed by atoms with E-state index < -0.39 is 5.97 Å². The minimum atomic E-state index is -0.692. The van der Waals surface area contributed by atoms with Gasteiger partial charge in [0.2, 0.25) is 6.79 Å². The van der Waals surface area contributed by atoms with Crippen LogP contribution in [0.2, 0.25) is 0 Å². The lowest BCUT2D eigenvalue weighted by Crippen LogP contribution is -2.31. The number of carboxylic acids is 1. The van der Waals surface area contributed by atoms with Crippen molar-refractivity contribution in [2.24, 2.45) is 5.92 Å². The molecule has 22 heavy (non-hydrogen) atoms. The highest BCUT2D eigenvalue weighted by Gasteiger charge is 2.41. The summed E-state index contributed by atoms with van der Waals surface area (Å²) in [5.74, 6) is 0.499. The third kappa shape index (κ3) is 2.33. The molecule has 0 unspecified atom stereocenters. The second-order valence-electron chi connectivity index (χ2n) is 6.56. The average molecular weight is 303 g/mol. The molecule has 3 aliphatic rings. The number of benzene rings is 1. The number of nitrogens with zero attached hydrogens (tertiary/aromatic N) is 1. The second-order valence-corrected chi connectivity index (χ2v) is 6.56. The summed E-state index contributed by atoms with van der Waals surface area (Å²) in [6.07, 6.45) is 4.96. The first-order chi connectivity index (χ1) is 10.7. The first-order valence-electron chi connectivity index (χ1n) is 8.09. The summed E-state index contributed by atoms with van der Waals surface area (Å²) in [6, 6.07) is 6.42. The minimum Gasteiger partial charge on any atom is -0.481 e. The number of rotatable bonds is 3. The van der Waals surface area contributed by atoms with Crippen LogP contribution >= 0.6 is 0 Å². The fraction of sp³-hybridized carbons (Fsp3) is 0.588. The summed E-state index contributed by atoms with van der Waals surface area (Å²) in [5, 5.41) is 9.62. The highest BCUT2D eigenvalue weighted by molar-refractivity contribution is 5.72. The molecule has 5 nitrogen and oxygen atoms in total. The van der Waals surface area contributed by atoms with Gasteiger partial charge in [-0.1, -0.05) is 18.9 Å². The number of hydrogen-bond donors (Lipinski definition) is 1. The van der Waals surface area contributed by atoms with Crippen LogP contribution in [0.1, 0.15) is 37.2 Å². The van der Waals surface area contributed by atoms with Crippen molar-refractivity contribution in [3.8, 4) is 11.5 Å². The Kier molecular flexibility index (Phi) is 3.45. The van der Waals surface area contributed by atoms with Crippen molar-refractivity contribution in [1.29, 1.82) is 0 Å². The van der Waals surface area contributed by atoms with Crippen molar-refractivity contribution < 1.29 is 19.4 Å². The van der Waals surface area contributed by atoms with E-state index in [-0.39, 0.29) is 18.6 Å². The van der Waals surface area contributed by atoms with Gasteiger partial charge in [0, 0.05) is 25.0 Å². The van der Waals surface area contributed by atoms with E-state index in [1.807, 2.05) is 18.2 Å². The summed E-state index contributed by atoms with van der Waals surface area (Å²) in [6.45, 7) is 1.75. The van der Waals surface area contributed by atoms with E-state index in [1.54, 1.807) is 0 Å². The summed E-state index contributed by atoms with van der Waals surface area (Å²) >= 11 is 0. The highest BCUT2D eigenvalue weighted by Crippen LogP contribution is 2.41. The number of hydrogen-bond acceptors (Lipinski definition) is 4. The molecule has 0 spiro atoms. The van der Waals surface area contributed by atoms with Crippen LogP contribution in [0.3, 0.4) is 0 Å². The Morgan fingerprint density at radius 3 is 2.68 bits per heavy atom. The van der Waals surface area contributed by atoms with Crippen molar-refractivity contribution in [2.45, 2.75) is 37.6 Å². The molecule has 118 valence electrons. The van der Waals surface area contributed by atoms with Gasteiger partial charge in [0.25, 0.3) is 0 Å². The van der Waals surface area contributed by atoms with E-state index in [9.17, 15) is 9.90 Å². The minimum absolute atomic E-state index is 0.0348. The van der Waals surface area contributed by atoms with Crippen molar-refractivity contribution in [3.05, 3.63) is 23.8 Å². The Morgan fingerprint density at radius 2 is 1.91 bits per heavy atom. The molecule has 1 saturated heterocycles. The van der Waals surface area contributed by atoms with Crippen molar-refractivity contribution in [3.63, 3.8) is 0 Å². The molecule has 2 heterocycles. The number of carbonyl (C=O) groups is 1. The molecular weight excluding hydrogens is 282 g/mol. The van der Waals surface area contributed by atoms with E-state index in [2.05, 4.69) is 4.90 Å². The van der Waals surface area contributed by atoms with Crippen LogP contribution in [0.25, 0.3) is 0 Å². The number of aliphatic carboxylic acids is 1. The maximum atomic E-state index is 11.7. The van der Waals surface area contributed by atoms with Crippen LogP contribution in [0.4, 0.5) is 0 Å². The number of ether oxygens (including phenoxy) is 2. The molecule has 2 atom stereocenters. The largest absolute Gasteiger partial charge is 0.481 e. The zero-order valence-corrected chi connectivity index (χ0v) is 12.5. The van der Waals surface area contributed by atoms with Crippen LogP contribution < -0.4 is 9.47 Å². The lowest BCUT2D eigenvalue weighted by atomic mass is 9.89. The second kappa shape index (κ2) is 5.47. The van der Waals surface area contributed by atoms with Gasteiger partial charge in [-0.15, -0.1) is 0 Å². The molecule has 1 aromatic rings. The van der Waals surface area contributed by atoms with Gasteiger partial charge in [-0.25, -0.2) is 0 Å². The predicted octanol–water partition coefficient (Wildman–Crippen LogP) is 2.46. The number of carboxylic acid groups (broad SMARTS) is 1. The van der Waals surface area contributed by atoms with E-state index >= 15 is 0 Å². The Labute approximate surface area is 129 Å². The quantitative estimate of drug-likeness (QED) is 0.929. The first-order valence-corrected chi connectivity index (χ1v) is 8.09. The van der Waals surface area contributed by atoms with Crippen LogP contribution in [-0.4, -0.2) is 41.9 Å². The first kappa shape index (κ1) is 13.9. The van der Waals surface area contributed by atoms with Crippen LogP contribution in [0, 0.1) is 5.92 Å². The lowest BCUT2D eigenvalue weighted by molar-refractivity contribution is -0.141. The molecule has 4 rings (SSSR count). The molecule has 0 bridgehead atoms. The Balaban J connectivity index is 1.59. The summed E-state index contributed by atoms with van der Waals surface area (Å²) in [5.41, 5.74) is 1.05. The smallest absolute Gasteiger partial charge is 0.308 e. The van der Waals surface area contributed by atoms with Gasteiger partial charge in [-0.2, -0.15) is 0 Å². The monoisotopic (exact) mass is 303 g/mol. The molecule has 0 amide bonds. The van der Waals surface area contributed by atoms with Crippen LogP contribution in [0.15, 0.2) is 18.2 Å². The fourth-order valence-corrected chi connectivity index (χ4v) is 4.13. The maximum absolute atomic E-state index is 11.7. The molecule has 1 aliphatic carbocycles. The van der Waals surface area contributed by atoms with Gasteiger partial charge in [0.1, 0.15) is 0 Å². The molecule has 0 aromatic heterocycles. The van der Waals surface area contributed by atoms with Gasteiger partial charge < -0.3 is 14.6 Å². The molecule has 1 aromatic carbocycles. The zero-order valence-electron chi connectivity index (χ0n) is 12.5. The molecule has 1 saturated carbocycles. The van der Waals surface area contributed by atoms with E-state index in [0.717, 1.165) is 23.6 Å². The van der Waals surface area contributed by atoms with Gasteiger partial charge in [-0.3, -0.25) is 9.69 Å². The van der Waals surface area contributed by atoms with Gasteiger partial charge >= 0.3 is 5.97 Å². The lowest BCUT2D eigenvalue weighted by Gasteiger charge is -2.23. The zero-order chi connectivity index (χ0) is 15.1. The molecule has 1 N–H and O–H groups in total. The average Bonchev–Trinajstić information content (AvgIpc) is 3.25. The molecular formula is C17H21NO4. The highest BCUT2D eigenvalue weighted by atomic mass is 16.7. The van der Waals surface area contributed by atoms with E-state index in [4.69, 9.17) is 9.47 Å². The van der Waals surface area contributed by atoms with Crippen molar-refractivity contribution in [2.75, 3.05) is 19.9 Å². The third-order valence-corrected chi connectivity index (χ3v) is 5.33. The summed E-state index contributed by atoms with van der Waals surface area (Å²) in [4.78, 5) is 14.1. The topological polar surface area (TPSA) is 59.0 Å². The van der Waals surface area contributed by atoms with Gasteiger partial charge in [0.05, 0.1) is 5.92 Å². The number of likely N-dealkylation sites (tertiary alicyclic amines) is 1. The third-order valence-electron chi connectivity index (χ3n) is 5.33. The Morgan fingerprint density at radius 1 is 1.14 bits per heavy atom. The Bertz CT molecular complexity index is 582. The Hall–Kier alpha value is -1.75. The van der Waals surface area contributed by atoms with Gasteiger partial charge in [0.15, 0.2) is 11.5 Å². The number of fused-ring (bicyclic) bond motifs is 1. The normalized spacial score (nSPS) is 28.4. The molecule has 0 radical (unpaired) electrons. The predicted molar refractivity (Wildman–Crippen MR) is 80.3 cm³/mol. The standard InChI is InChI=1S/C17H21NO4/c19-17(20)14-9-18(12-3-1-2-4-12)8-13(14)11-5-6-15-16(7-11)22-10-21-15/h5-7,12-14H,1-4,8-10H2,(H,19,20)/t13-,14+/m0/s1. The molecule has 5 heteroatoms. The maximum Gasteiger partial charge on any atom is 0.308 e. The fourth-order valence-electron chi connectivity index (χ4n) is 4.13. The van der Waals surface area contributed by atoms with Gasteiger partial charge in [-0.05, 0) is 30.5 Å². The summed E-state index contributed by atoms with van der Waals surface area (Å²) < 4.78 is 10.8. The van der Waals surface area contributed by atoms with Crippen LogP contribution in [-0.2, 0) is 4.79 Å². The summed E-state index contributed by atoms with van der Waals surface area (Å²) in [7, 11) is 0. The van der Waals surface area contributed by atoms with Crippen LogP contribution in [0.5, 0.6) is 11.5 Å². The van der Waals surface area contributed by atoms with Crippen molar-refractivity contribution >= 4 is 5.97 Å². The molecule has 2 aliphatic heterocycles. The molecule has 2 fully saturated rings. The SMILES string of the molecule is O=C(O)[C@@H]1CN(C2CCCC2)C[C@H]1c1ccc2c(c1)OCO2. The van der Waals surface area contributed by atoms with E-state index in [0.29, 0.717) is 12.6 Å². The van der Waals surface area contributed by atoms with E-state index in [1.165, 1.54) is 25.7 Å².